The predicted octanol–water partition coefficient (Wildman–Crippen LogP) is 0.807. The molecule has 0 saturated heterocycles. The van der Waals surface area contributed by atoms with Crippen molar-refractivity contribution in [1.82, 2.24) is 0 Å². The van der Waals surface area contributed by atoms with Crippen LogP contribution in [0.25, 0.3) is 0 Å². The normalized spacial score (nSPS) is 15.2. The van der Waals surface area contributed by atoms with Crippen LogP contribution in [0.15, 0.2) is 12.1 Å². The number of nitrogens with one attached hydrogen (secondary N) is 1. The van der Waals surface area contributed by atoms with Crippen molar-refractivity contribution in [2.24, 2.45) is 0 Å². The maximum Gasteiger partial charge on any atom is 0.262 e. The molecule has 1 heterocycles. The Labute approximate surface area is 112 Å². The first-order chi connectivity index (χ1) is 8.97. The van der Waals surface area contributed by atoms with Gasteiger partial charge in [-0.3, -0.25) is 4.79 Å². The maximum absolute atomic E-state index is 11.3. The summed E-state index contributed by atoms with van der Waals surface area (Å²) in [5.41, 5.74) is 8.02. The van der Waals surface area contributed by atoms with Gasteiger partial charge in [0.25, 0.3) is 5.91 Å². The smallest absolute Gasteiger partial charge is 0.262 e. The van der Waals surface area contributed by atoms with Gasteiger partial charge in [0.2, 0.25) is 0 Å². The van der Waals surface area contributed by atoms with Crippen LogP contribution in [0.3, 0.4) is 0 Å². The molecule has 6 nitrogen and oxygen atoms in total. The molecule has 1 aliphatic heterocycles. The highest BCUT2D eigenvalue weighted by Gasteiger charge is 2.19. The topological polar surface area (TPSA) is 87.8 Å². The molecule has 0 saturated carbocycles. The molecule has 4 N–H and O–H groups in total. The Morgan fingerprint density at radius 3 is 3.00 bits per heavy atom. The Morgan fingerprint density at radius 2 is 2.32 bits per heavy atom. The monoisotopic (exact) mass is 265 g/mol. The summed E-state index contributed by atoms with van der Waals surface area (Å²) in [5.74, 6) is 0.416. The molecule has 0 aromatic heterocycles. The highest BCUT2D eigenvalue weighted by Crippen LogP contribution is 2.36. The number of fused-ring (bicyclic) bond motifs is 1. The lowest BCUT2D eigenvalue weighted by atomic mass is 10.1. The van der Waals surface area contributed by atoms with Gasteiger partial charge in [-0.15, -0.1) is 0 Å². The Bertz CT molecular complexity index is 488. The van der Waals surface area contributed by atoms with Crippen LogP contribution < -0.4 is 20.7 Å². The lowest BCUT2D eigenvalue weighted by Gasteiger charge is -2.25. The third-order valence-corrected chi connectivity index (χ3v) is 3.06. The van der Waals surface area contributed by atoms with Crippen LogP contribution >= 0.6 is 0 Å². The van der Waals surface area contributed by atoms with E-state index < -0.39 is 0 Å². The molecule has 19 heavy (non-hydrogen) atoms. The fourth-order valence-electron chi connectivity index (χ4n) is 1.96. The van der Waals surface area contributed by atoms with Crippen molar-refractivity contribution in [2.75, 3.05) is 36.1 Å². The van der Waals surface area contributed by atoms with E-state index in [-0.39, 0.29) is 18.6 Å². The van der Waals surface area contributed by atoms with Gasteiger partial charge < -0.3 is 25.8 Å². The number of nitrogens with zero attached hydrogens (tertiary/aromatic N) is 1. The number of hydrogen-bond donors (Lipinski definition) is 3. The Balaban J connectivity index is 2.21. The van der Waals surface area contributed by atoms with Gasteiger partial charge in [0, 0.05) is 19.7 Å². The second kappa shape index (κ2) is 5.36. The van der Waals surface area contributed by atoms with Gasteiger partial charge in [0.1, 0.15) is 5.75 Å². The SMILES string of the molecule is CC(O)CCN(C)c1cc2c(cc1N)OCC(=O)N2. The van der Waals surface area contributed by atoms with Crippen molar-refractivity contribution in [3.05, 3.63) is 12.1 Å². The summed E-state index contributed by atoms with van der Waals surface area (Å²) < 4.78 is 5.30. The average Bonchev–Trinajstić information content (AvgIpc) is 2.35. The van der Waals surface area contributed by atoms with E-state index >= 15 is 0 Å². The molecule has 104 valence electrons. The van der Waals surface area contributed by atoms with Gasteiger partial charge in [0.05, 0.1) is 23.2 Å². The van der Waals surface area contributed by atoms with Crippen molar-refractivity contribution in [2.45, 2.75) is 19.4 Å². The van der Waals surface area contributed by atoms with Crippen LogP contribution in [0.4, 0.5) is 17.1 Å². The highest BCUT2D eigenvalue weighted by atomic mass is 16.5. The molecule has 0 aliphatic carbocycles. The molecule has 2 rings (SSSR count). The van der Waals surface area contributed by atoms with Gasteiger partial charge >= 0.3 is 0 Å². The fourth-order valence-corrected chi connectivity index (χ4v) is 1.96. The summed E-state index contributed by atoms with van der Waals surface area (Å²) in [7, 11) is 1.89. The molecule has 1 unspecified atom stereocenters. The maximum atomic E-state index is 11.3. The number of hydrogen-bond acceptors (Lipinski definition) is 5. The summed E-state index contributed by atoms with van der Waals surface area (Å²) in [6.45, 7) is 2.44. The van der Waals surface area contributed by atoms with Crippen molar-refractivity contribution < 1.29 is 14.6 Å². The van der Waals surface area contributed by atoms with Crippen molar-refractivity contribution >= 4 is 23.0 Å². The molecule has 0 radical (unpaired) electrons. The van der Waals surface area contributed by atoms with Crippen LogP contribution in [0.5, 0.6) is 5.75 Å². The third-order valence-electron chi connectivity index (χ3n) is 3.06. The van der Waals surface area contributed by atoms with E-state index in [4.69, 9.17) is 10.5 Å². The van der Waals surface area contributed by atoms with Crippen molar-refractivity contribution in [3.8, 4) is 5.75 Å². The molecule has 1 aromatic carbocycles. The van der Waals surface area contributed by atoms with E-state index in [1.807, 2.05) is 11.9 Å². The fraction of sp³-hybridized carbons (Fsp3) is 0.462. The molecule has 1 aliphatic rings. The van der Waals surface area contributed by atoms with Gasteiger partial charge in [0.15, 0.2) is 6.61 Å². The zero-order valence-electron chi connectivity index (χ0n) is 11.1. The number of aliphatic hydroxyl groups excluding tert-OH is 1. The molecule has 1 aromatic rings. The van der Waals surface area contributed by atoms with Crippen LogP contribution in [-0.4, -0.2) is 37.3 Å². The average molecular weight is 265 g/mol. The second-order valence-electron chi connectivity index (χ2n) is 4.80. The summed E-state index contributed by atoms with van der Waals surface area (Å²) >= 11 is 0. The van der Waals surface area contributed by atoms with E-state index in [0.717, 1.165) is 5.69 Å². The van der Waals surface area contributed by atoms with Crippen molar-refractivity contribution in [1.29, 1.82) is 0 Å². The molecule has 0 bridgehead atoms. The first-order valence-corrected chi connectivity index (χ1v) is 6.22. The van der Waals surface area contributed by atoms with Crippen LogP contribution in [-0.2, 0) is 4.79 Å². The Hall–Kier alpha value is -1.95. The number of amides is 1. The second-order valence-corrected chi connectivity index (χ2v) is 4.80. The molecular weight excluding hydrogens is 246 g/mol. The molecular formula is C13H19N3O3. The first kappa shape index (κ1) is 13.5. The number of benzene rings is 1. The third kappa shape index (κ3) is 3.08. The lowest BCUT2D eigenvalue weighted by Crippen LogP contribution is -2.27. The molecule has 0 spiro atoms. The number of nitrogen functional groups attached to an aromatic ring is 1. The Kier molecular flexibility index (Phi) is 3.80. The van der Waals surface area contributed by atoms with Crippen LogP contribution in [0.1, 0.15) is 13.3 Å². The number of nitrogens with two attached hydrogens (primary N) is 1. The number of rotatable bonds is 4. The summed E-state index contributed by atoms with van der Waals surface area (Å²) in [5, 5.41) is 12.1. The molecule has 1 atom stereocenters. The first-order valence-electron chi connectivity index (χ1n) is 6.22. The number of anilines is 3. The molecule has 0 fully saturated rings. The minimum atomic E-state index is -0.357. The van der Waals surface area contributed by atoms with E-state index in [0.29, 0.717) is 30.1 Å². The van der Waals surface area contributed by atoms with E-state index in [1.54, 1.807) is 19.1 Å². The standard InChI is InChI=1S/C13H19N3O3/c1-8(17)3-4-16(2)11-6-10-12(5-9(11)14)19-7-13(18)15-10/h5-6,8,17H,3-4,7,14H2,1-2H3,(H,15,18). The quantitative estimate of drug-likeness (QED) is 0.701. The predicted molar refractivity (Wildman–Crippen MR) is 74.5 cm³/mol. The summed E-state index contributed by atoms with van der Waals surface area (Å²) in [4.78, 5) is 13.2. The largest absolute Gasteiger partial charge is 0.482 e. The number of ether oxygens (including phenoxy) is 1. The summed E-state index contributed by atoms with van der Waals surface area (Å²) in [6.07, 6.45) is 0.292. The van der Waals surface area contributed by atoms with Gasteiger partial charge in [-0.05, 0) is 19.4 Å². The van der Waals surface area contributed by atoms with E-state index in [1.165, 1.54) is 0 Å². The minimum Gasteiger partial charge on any atom is -0.482 e. The van der Waals surface area contributed by atoms with Crippen molar-refractivity contribution in [3.63, 3.8) is 0 Å². The highest BCUT2D eigenvalue weighted by molar-refractivity contribution is 5.97. The van der Waals surface area contributed by atoms with Crippen LogP contribution in [0.2, 0.25) is 0 Å². The zero-order chi connectivity index (χ0) is 14.0. The molecule has 1 amide bonds. The van der Waals surface area contributed by atoms with Gasteiger partial charge in [-0.2, -0.15) is 0 Å². The summed E-state index contributed by atoms with van der Waals surface area (Å²) in [6, 6.07) is 3.51. The lowest BCUT2D eigenvalue weighted by molar-refractivity contribution is -0.118. The van der Waals surface area contributed by atoms with Gasteiger partial charge in [-0.25, -0.2) is 0 Å². The number of carbonyl (C=O) groups excluding carboxylic acids is 1. The number of carbonyl (C=O) groups is 1. The zero-order valence-corrected chi connectivity index (χ0v) is 11.1. The van der Waals surface area contributed by atoms with E-state index in [9.17, 15) is 9.90 Å². The van der Waals surface area contributed by atoms with Gasteiger partial charge in [-0.1, -0.05) is 0 Å². The minimum absolute atomic E-state index is 0.0175. The molecule has 6 heteroatoms. The number of aliphatic hydroxyl groups is 1. The van der Waals surface area contributed by atoms with Crippen LogP contribution in [0, 0.1) is 0 Å². The Morgan fingerprint density at radius 1 is 1.58 bits per heavy atom. The van der Waals surface area contributed by atoms with E-state index in [2.05, 4.69) is 5.32 Å².